The number of hydrogen-bond donors (Lipinski definition) is 1. The lowest BCUT2D eigenvalue weighted by atomic mass is 9.64. The van der Waals surface area contributed by atoms with Crippen LogP contribution < -0.4 is 0 Å². The Morgan fingerprint density at radius 3 is 2.12 bits per heavy atom. The van der Waals surface area contributed by atoms with Crippen LogP contribution in [0.3, 0.4) is 0 Å². The van der Waals surface area contributed by atoms with Gasteiger partial charge in [0.15, 0.2) is 5.78 Å². The minimum atomic E-state index is -2.71. The minimum Gasteiger partial charge on any atom is -0.389 e. The lowest BCUT2D eigenvalue weighted by Crippen LogP contribution is -2.52. The molecule has 1 N–H and O–H groups in total. The smallest absolute Gasteiger partial charge is 0.248 e. The molecular weight excluding hydrogens is 214 g/mol. The third kappa shape index (κ3) is 2.17. The van der Waals surface area contributed by atoms with Crippen molar-refractivity contribution in [2.24, 2.45) is 5.41 Å². The second kappa shape index (κ2) is 3.91. The number of carbonyl (C=O) groups is 1. The van der Waals surface area contributed by atoms with Gasteiger partial charge in [-0.3, -0.25) is 4.79 Å². The highest BCUT2D eigenvalue weighted by molar-refractivity contribution is 5.94. The van der Waals surface area contributed by atoms with Gasteiger partial charge in [0.25, 0.3) is 0 Å². The van der Waals surface area contributed by atoms with Gasteiger partial charge in [-0.15, -0.1) is 0 Å². The summed E-state index contributed by atoms with van der Waals surface area (Å²) in [5, 5.41) is 10.3. The maximum Gasteiger partial charge on any atom is 0.248 e. The van der Waals surface area contributed by atoms with Crippen molar-refractivity contribution >= 4 is 5.78 Å². The van der Waals surface area contributed by atoms with E-state index in [1.165, 1.54) is 0 Å². The lowest BCUT2D eigenvalue weighted by molar-refractivity contribution is -0.163. The van der Waals surface area contributed by atoms with Crippen LogP contribution in [-0.4, -0.2) is 22.4 Å². The first kappa shape index (κ1) is 13.3. The van der Waals surface area contributed by atoms with Crippen molar-refractivity contribution in [1.82, 2.24) is 0 Å². The molecule has 0 amide bonds. The predicted octanol–water partition coefficient (Wildman–Crippen LogP) is 2.71. The van der Waals surface area contributed by atoms with Crippen LogP contribution in [0.4, 0.5) is 8.78 Å². The zero-order valence-corrected chi connectivity index (χ0v) is 9.72. The van der Waals surface area contributed by atoms with Gasteiger partial charge in [-0.05, 0) is 32.8 Å². The fourth-order valence-corrected chi connectivity index (χ4v) is 2.14. The minimum absolute atomic E-state index is 0.0490. The van der Waals surface area contributed by atoms with E-state index in [4.69, 9.17) is 0 Å². The molecule has 0 unspecified atom stereocenters. The van der Waals surface area contributed by atoms with Gasteiger partial charge in [0.05, 0.1) is 11.0 Å². The van der Waals surface area contributed by atoms with Gasteiger partial charge in [0.2, 0.25) is 5.92 Å². The first-order chi connectivity index (χ1) is 7.15. The number of halogens is 2. The monoisotopic (exact) mass is 232 g/mol. The highest BCUT2D eigenvalue weighted by atomic mass is 19.3. The lowest BCUT2D eigenvalue weighted by Gasteiger charge is -2.45. The summed E-state index contributed by atoms with van der Waals surface area (Å²) in [6.07, 6.45) is 0.318. The highest BCUT2D eigenvalue weighted by Crippen LogP contribution is 2.47. The van der Waals surface area contributed by atoms with E-state index in [1.54, 1.807) is 13.8 Å². The van der Waals surface area contributed by atoms with Crippen molar-refractivity contribution in [3.05, 3.63) is 12.7 Å². The fourth-order valence-electron chi connectivity index (χ4n) is 2.14. The van der Waals surface area contributed by atoms with Gasteiger partial charge in [-0.25, -0.2) is 8.78 Å². The number of carbonyl (C=O) groups excluding carboxylic acids is 1. The number of alkyl halides is 2. The van der Waals surface area contributed by atoms with Crippen molar-refractivity contribution < 1.29 is 18.7 Å². The molecule has 0 spiro atoms. The molecular formula is C12H18F2O2. The van der Waals surface area contributed by atoms with Crippen molar-refractivity contribution in [3.63, 3.8) is 0 Å². The molecule has 1 aliphatic carbocycles. The third-order valence-electron chi connectivity index (χ3n) is 3.77. The summed E-state index contributed by atoms with van der Waals surface area (Å²) in [7, 11) is 0. The van der Waals surface area contributed by atoms with E-state index in [-0.39, 0.29) is 31.5 Å². The van der Waals surface area contributed by atoms with Crippen molar-refractivity contribution in [3.8, 4) is 0 Å². The van der Waals surface area contributed by atoms with Gasteiger partial charge in [-0.2, -0.15) is 0 Å². The van der Waals surface area contributed by atoms with Crippen molar-refractivity contribution in [1.29, 1.82) is 0 Å². The molecule has 92 valence electrons. The first-order valence-corrected chi connectivity index (χ1v) is 5.42. The molecule has 1 saturated carbocycles. The number of hydrogen-bond acceptors (Lipinski definition) is 2. The van der Waals surface area contributed by atoms with Gasteiger partial charge < -0.3 is 5.11 Å². The maximum atomic E-state index is 13.0. The zero-order chi connectivity index (χ0) is 12.6. The SMILES string of the molecule is C=CC(=O)C(C)(C)C1(O)CCC(F)(F)CC1. The average Bonchev–Trinajstić information content (AvgIpc) is 2.21. The van der Waals surface area contributed by atoms with Crippen LogP contribution in [0.1, 0.15) is 39.5 Å². The van der Waals surface area contributed by atoms with E-state index in [0.29, 0.717) is 0 Å². The number of aliphatic hydroxyl groups is 1. The molecule has 0 aromatic rings. The van der Waals surface area contributed by atoms with Crippen LogP contribution in [0.2, 0.25) is 0 Å². The molecule has 1 rings (SSSR count). The summed E-state index contributed by atoms with van der Waals surface area (Å²) in [5.74, 6) is -3.01. The van der Waals surface area contributed by atoms with E-state index in [1.807, 2.05) is 0 Å². The fraction of sp³-hybridized carbons (Fsp3) is 0.750. The van der Waals surface area contributed by atoms with Crippen LogP contribution in [0.25, 0.3) is 0 Å². The summed E-state index contributed by atoms with van der Waals surface area (Å²) in [5.41, 5.74) is -2.40. The van der Waals surface area contributed by atoms with Gasteiger partial charge >= 0.3 is 0 Å². The highest BCUT2D eigenvalue weighted by Gasteiger charge is 2.52. The molecule has 0 radical (unpaired) electrons. The second-order valence-corrected chi connectivity index (χ2v) is 5.08. The molecule has 0 saturated heterocycles. The Balaban J connectivity index is 2.88. The van der Waals surface area contributed by atoms with Crippen molar-refractivity contribution in [2.75, 3.05) is 0 Å². The zero-order valence-electron chi connectivity index (χ0n) is 9.72. The Morgan fingerprint density at radius 1 is 1.31 bits per heavy atom. The molecule has 0 atom stereocenters. The Morgan fingerprint density at radius 2 is 1.75 bits per heavy atom. The van der Waals surface area contributed by atoms with E-state index < -0.39 is 16.9 Å². The van der Waals surface area contributed by atoms with Gasteiger partial charge in [0.1, 0.15) is 0 Å². The molecule has 0 aromatic carbocycles. The average molecular weight is 232 g/mol. The third-order valence-corrected chi connectivity index (χ3v) is 3.77. The molecule has 0 heterocycles. The van der Waals surface area contributed by atoms with Crippen LogP contribution in [0.15, 0.2) is 12.7 Å². The Hall–Kier alpha value is -0.770. The van der Waals surface area contributed by atoms with Gasteiger partial charge in [0, 0.05) is 12.8 Å². The summed E-state index contributed by atoms with van der Waals surface area (Å²) in [6, 6.07) is 0. The number of allylic oxidation sites excluding steroid dienone is 1. The number of rotatable bonds is 3. The second-order valence-electron chi connectivity index (χ2n) is 5.08. The Bertz CT molecular complexity index is 298. The summed E-state index contributed by atoms with van der Waals surface area (Å²) in [6.45, 7) is 6.54. The molecule has 0 bridgehead atoms. The quantitative estimate of drug-likeness (QED) is 0.760. The van der Waals surface area contributed by atoms with E-state index in [2.05, 4.69) is 6.58 Å². The Labute approximate surface area is 94.3 Å². The maximum absolute atomic E-state index is 13.0. The summed E-state index contributed by atoms with van der Waals surface area (Å²) in [4.78, 5) is 11.6. The normalized spacial score (nSPS) is 23.8. The molecule has 0 aliphatic heterocycles. The van der Waals surface area contributed by atoms with Gasteiger partial charge in [-0.1, -0.05) is 6.58 Å². The first-order valence-electron chi connectivity index (χ1n) is 5.42. The molecule has 1 aliphatic rings. The van der Waals surface area contributed by atoms with Crippen LogP contribution in [-0.2, 0) is 4.79 Å². The molecule has 2 nitrogen and oxygen atoms in total. The topological polar surface area (TPSA) is 37.3 Å². The molecule has 4 heteroatoms. The standard InChI is InChI=1S/C12H18F2O2/c1-4-9(15)10(2,3)11(16)5-7-12(13,14)8-6-11/h4,16H,1,5-8H2,2-3H3. The predicted molar refractivity (Wildman–Crippen MR) is 57.3 cm³/mol. The van der Waals surface area contributed by atoms with Crippen LogP contribution >= 0.6 is 0 Å². The molecule has 1 fully saturated rings. The Kier molecular flexibility index (Phi) is 3.25. The van der Waals surface area contributed by atoms with Crippen LogP contribution in [0.5, 0.6) is 0 Å². The number of ketones is 1. The van der Waals surface area contributed by atoms with Crippen LogP contribution in [0, 0.1) is 5.41 Å². The summed E-state index contributed by atoms with van der Waals surface area (Å²) < 4.78 is 26.0. The van der Waals surface area contributed by atoms with E-state index in [9.17, 15) is 18.7 Å². The van der Waals surface area contributed by atoms with Crippen molar-refractivity contribution in [2.45, 2.75) is 51.1 Å². The van der Waals surface area contributed by atoms with E-state index in [0.717, 1.165) is 6.08 Å². The van der Waals surface area contributed by atoms with E-state index >= 15 is 0 Å². The summed E-state index contributed by atoms with van der Waals surface area (Å²) >= 11 is 0. The molecule has 0 aromatic heterocycles. The largest absolute Gasteiger partial charge is 0.389 e. The molecule has 16 heavy (non-hydrogen) atoms.